The van der Waals surface area contributed by atoms with Crippen LogP contribution >= 0.6 is 0 Å². The summed E-state index contributed by atoms with van der Waals surface area (Å²) in [4.78, 5) is 13.1. The van der Waals surface area contributed by atoms with Gasteiger partial charge in [0.1, 0.15) is 5.60 Å². The molecule has 0 spiro atoms. The van der Waals surface area contributed by atoms with Crippen molar-refractivity contribution in [3.63, 3.8) is 0 Å². The highest BCUT2D eigenvalue weighted by Gasteiger charge is 2.52. The lowest BCUT2D eigenvalue weighted by atomic mass is 9.77. The Balaban J connectivity index is 2.19. The van der Waals surface area contributed by atoms with Gasteiger partial charge in [0.15, 0.2) is 0 Å². The SMILES string of the molecule is CC(C)(C)OC(=O)n1c([Si](C)(C)C)cc2c(B3OC(C)(C)C(C)(C)O3)cccc21. The van der Waals surface area contributed by atoms with Gasteiger partial charge in [-0.3, -0.25) is 4.57 Å². The van der Waals surface area contributed by atoms with Gasteiger partial charge in [-0.05, 0) is 71.4 Å². The number of carbonyl (C=O) groups is 1. The minimum atomic E-state index is -1.84. The molecule has 0 atom stereocenters. The van der Waals surface area contributed by atoms with Crippen LogP contribution in [0, 0.1) is 0 Å². The third kappa shape index (κ3) is 4.05. The molecule has 0 unspecified atom stereocenters. The second-order valence-corrected chi connectivity index (χ2v) is 16.0. The van der Waals surface area contributed by atoms with Gasteiger partial charge >= 0.3 is 13.2 Å². The van der Waals surface area contributed by atoms with Crippen LogP contribution in [0.3, 0.4) is 0 Å². The number of hydrogen-bond acceptors (Lipinski definition) is 4. The van der Waals surface area contributed by atoms with Crippen molar-refractivity contribution < 1.29 is 18.8 Å². The van der Waals surface area contributed by atoms with Crippen LogP contribution in [0.2, 0.25) is 19.6 Å². The van der Waals surface area contributed by atoms with Gasteiger partial charge in [0.25, 0.3) is 0 Å². The van der Waals surface area contributed by atoms with E-state index in [1.54, 1.807) is 4.57 Å². The van der Waals surface area contributed by atoms with E-state index in [9.17, 15) is 4.79 Å². The molecule has 0 saturated carbocycles. The molecule has 29 heavy (non-hydrogen) atoms. The highest BCUT2D eigenvalue weighted by atomic mass is 28.3. The standard InChI is InChI=1S/C22H34BNO4Si/c1-20(2,3)26-19(25)24-17-13-11-12-16(15(17)14-18(24)29(8,9)10)23-27-21(4,5)22(6,7)28-23/h11-14H,1-10H3. The predicted molar refractivity (Wildman–Crippen MR) is 122 cm³/mol. The predicted octanol–water partition coefficient (Wildman–Crippen LogP) is 4.27. The van der Waals surface area contributed by atoms with Gasteiger partial charge < -0.3 is 14.0 Å². The van der Waals surface area contributed by atoms with E-state index in [0.29, 0.717) is 0 Å². The molecule has 158 valence electrons. The Hall–Kier alpha value is -1.57. The summed E-state index contributed by atoms with van der Waals surface area (Å²) in [5.41, 5.74) is 0.379. The normalized spacial score (nSPS) is 19.0. The van der Waals surface area contributed by atoms with Crippen molar-refractivity contribution in [1.29, 1.82) is 0 Å². The first-order chi connectivity index (χ1) is 13.0. The first-order valence-corrected chi connectivity index (χ1v) is 13.8. The molecule has 0 N–H and O–H groups in total. The average Bonchev–Trinajstić information content (AvgIpc) is 3.00. The van der Waals surface area contributed by atoms with Crippen LogP contribution in [-0.2, 0) is 14.0 Å². The molecule has 2 heterocycles. The molecule has 1 aromatic carbocycles. The Morgan fingerprint density at radius 2 is 1.62 bits per heavy atom. The van der Waals surface area contributed by atoms with Gasteiger partial charge in [0.05, 0.1) is 24.8 Å². The molecule has 5 nitrogen and oxygen atoms in total. The minimum absolute atomic E-state index is 0.337. The zero-order valence-corrected chi connectivity index (χ0v) is 20.5. The van der Waals surface area contributed by atoms with Crippen LogP contribution in [0.4, 0.5) is 4.79 Å². The molecule has 7 heteroatoms. The molecule has 1 saturated heterocycles. The van der Waals surface area contributed by atoms with Crippen molar-refractivity contribution in [2.75, 3.05) is 0 Å². The first kappa shape index (κ1) is 22.1. The molecule has 1 aliphatic rings. The highest BCUT2D eigenvalue weighted by Crippen LogP contribution is 2.37. The number of aromatic nitrogens is 1. The topological polar surface area (TPSA) is 49.7 Å². The fourth-order valence-corrected chi connectivity index (χ4v) is 4.95. The van der Waals surface area contributed by atoms with E-state index in [-0.39, 0.29) is 6.09 Å². The number of carbonyl (C=O) groups excluding carboxylic acids is 1. The van der Waals surface area contributed by atoms with Crippen molar-refractivity contribution in [2.45, 2.75) is 84.9 Å². The van der Waals surface area contributed by atoms with E-state index in [2.05, 4.69) is 25.7 Å². The Bertz CT molecular complexity index is 934. The summed E-state index contributed by atoms with van der Waals surface area (Å²) in [5.74, 6) is 0. The van der Waals surface area contributed by atoms with Crippen LogP contribution in [-0.4, -0.2) is 42.7 Å². The fourth-order valence-electron chi connectivity index (χ4n) is 3.49. The summed E-state index contributed by atoms with van der Waals surface area (Å²) in [6.45, 7) is 20.6. The lowest BCUT2D eigenvalue weighted by molar-refractivity contribution is 0.00578. The van der Waals surface area contributed by atoms with Gasteiger partial charge in [-0.2, -0.15) is 0 Å². The largest absolute Gasteiger partial charge is 0.495 e. The van der Waals surface area contributed by atoms with Crippen molar-refractivity contribution in [3.8, 4) is 0 Å². The Morgan fingerprint density at radius 1 is 1.07 bits per heavy atom. The monoisotopic (exact) mass is 415 g/mol. The summed E-state index contributed by atoms with van der Waals surface area (Å²) in [6.07, 6.45) is -0.337. The maximum Gasteiger partial charge on any atom is 0.495 e. The number of ether oxygens (including phenoxy) is 1. The number of nitrogens with zero attached hydrogens (tertiary/aromatic N) is 1. The second-order valence-electron chi connectivity index (χ2n) is 11.0. The maximum absolute atomic E-state index is 13.1. The Morgan fingerprint density at radius 3 is 2.10 bits per heavy atom. The smallest absolute Gasteiger partial charge is 0.443 e. The fraction of sp³-hybridized carbons (Fsp3) is 0.591. The van der Waals surface area contributed by atoms with E-state index in [4.69, 9.17) is 14.0 Å². The average molecular weight is 415 g/mol. The van der Waals surface area contributed by atoms with Crippen molar-refractivity contribution >= 4 is 43.0 Å². The third-order valence-corrected chi connectivity index (χ3v) is 7.64. The number of rotatable bonds is 2. The van der Waals surface area contributed by atoms with Gasteiger partial charge in [-0.1, -0.05) is 31.8 Å². The second kappa shape index (κ2) is 6.72. The minimum Gasteiger partial charge on any atom is -0.443 e. The Labute approximate surface area is 175 Å². The molecule has 0 aliphatic carbocycles. The molecular weight excluding hydrogens is 381 g/mol. The Kier molecular flexibility index (Phi) is 5.13. The maximum atomic E-state index is 13.1. The van der Waals surface area contributed by atoms with E-state index >= 15 is 0 Å². The first-order valence-electron chi connectivity index (χ1n) is 10.3. The number of benzene rings is 1. The zero-order valence-electron chi connectivity index (χ0n) is 19.5. The highest BCUT2D eigenvalue weighted by molar-refractivity contribution is 6.88. The summed E-state index contributed by atoms with van der Waals surface area (Å²) >= 11 is 0. The van der Waals surface area contributed by atoms with Crippen LogP contribution in [0.1, 0.15) is 48.5 Å². The van der Waals surface area contributed by atoms with Crippen LogP contribution in [0.15, 0.2) is 24.3 Å². The van der Waals surface area contributed by atoms with Gasteiger partial charge in [-0.25, -0.2) is 4.79 Å². The molecule has 1 fully saturated rings. The van der Waals surface area contributed by atoms with Crippen molar-refractivity contribution in [3.05, 3.63) is 24.3 Å². The molecule has 0 radical (unpaired) electrons. The molecule has 0 amide bonds. The van der Waals surface area contributed by atoms with Crippen LogP contribution in [0.25, 0.3) is 10.9 Å². The molecule has 3 rings (SSSR count). The van der Waals surface area contributed by atoms with Crippen molar-refractivity contribution in [1.82, 2.24) is 4.57 Å². The van der Waals surface area contributed by atoms with E-state index in [1.165, 1.54) is 0 Å². The molecule has 1 aliphatic heterocycles. The molecular formula is C22H34BNO4Si. The van der Waals surface area contributed by atoms with E-state index in [0.717, 1.165) is 21.7 Å². The summed E-state index contributed by atoms with van der Waals surface area (Å²) in [5, 5.41) is 2.01. The van der Waals surface area contributed by atoms with Crippen LogP contribution < -0.4 is 10.8 Å². The zero-order chi connectivity index (χ0) is 22.0. The molecule has 2 aromatic rings. The lowest BCUT2D eigenvalue weighted by Gasteiger charge is -2.32. The van der Waals surface area contributed by atoms with Crippen molar-refractivity contribution in [2.24, 2.45) is 0 Å². The van der Waals surface area contributed by atoms with E-state index < -0.39 is 32.0 Å². The lowest BCUT2D eigenvalue weighted by Crippen LogP contribution is -2.45. The molecule has 1 aromatic heterocycles. The van der Waals surface area contributed by atoms with Gasteiger partial charge in [0, 0.05) is 5.32 Å². The number of fused-ring (bicyclic) bond motifs is 1. The number of hydrogen-bond donors (Lipinski definition) is 0. The quantitative estimate of drug-likeness (QED) is 0.688. The van der Waals surface area contributed by atoms with Crippen LogP contribution in [0.5, 0.6) is 0 Å². The summed E-state index contributed by atoms with van der Waals surface area (Å²) < 4.78 is 20.1. The third-order valence-electron chi connectivity index (χ3n) is 5.73. The molecule has 0 bridgehead atoms. The summed E-state index contributed by atoms with van der Waals surface area (Å²) in [6, 6.07) is 8.08. The van der Waals surface area contributed by atoms with E-state index in [1.807, 2.05) is 66.7 Å². The van der Waals surface area contributed by atoms with Gasteiger partial charge in [0.2, 0.25) is 0 Å². The summed E-state index contributed by atoms with van der Waals surface area (Å²) in [7, 11) is -2.32. The van der Waals surface area contributed by atoms with Gasteiger partial charge in [-0.15, -0.1) is 0 Å².